The van der Waals surface area contributed by atoms with Gasteiger partial charge in [0.2, 0.25) is 21.9 Å². The Morgan fingerprint density at radius 3 is 2.42 bits per heavy atom. The molecule has 0 aliphatic heterocycles. The highest BCUT2D eigenvalue weighted by molar-refractivity contribution is 7.92. The molecular formula is C27H34N6O6S. The van der Waals surface area contributed by atoms with E-state index >= 15 is 0 Å². The first-order valence-electron chi connectivity index (χ1n) is 12.1. The number of nitrogens with two attached hydrogens (primary N) is 1. The lowest BCUT2D eigenvalue weighted by molar-refractivity contribution is 0.0687. The maximum Gasteiger partial charge on any atom is 0.352 e. The Morgan fingerprint density at radius 2 is 1.85 bits per heavy atom. The summed E-state index contributed by atoms with van der Waals surface area (Å²) in [5.41, 5.74) is 8.37. The molecular weight excluding hydrogens is 536 g/mol. The highest BCUT2D eigenvalue weighted by atomic mass is 32.2. The summed E-state index contributed by atoms with van der Waals surface area (Å²) in [6.45, 7) is 6.08. The normalized spacial score (nSPS) is 11.4. The third kappa shape index (κ3) is 7.11. The number of carboxylic acid groups (broad SMARTS) is 1. The average molecular weight is 571 g/mol. The number of sulfonamides is 1. The van der Waals surface area contributed by atoms with E-state index in [0.717, 1.165) is 17.2 Å². The third-order valence-corrected chi connectivity index (χ3v) is 6.38. The standard InChI is InChI=1S/C15H14N4O3.C12H20N2O3S/c1-16-15-17-7-6-12(18-15)22-11-5-3-4-9-8-10(14(20)21)19(2)13(9)11;1-12(2,3)8-6-9(13)11(17-4)10(7-8)14-18(5,15)16/h3-8H,1-2H3,(H,20,21)(H,16,17,18);6-7,14H,13H2,1-5H3. The number of fused-ring (bicyclic) bond motifs is 1. The molecule has 0 amide bonds. The molecule has 0 unspecified atom stereocenters. The summed E-state index contributed by atoms with van der Waals surface area (Å²) in [5.74, 6) is 0.721. The van der Waals surface area contributed by atoms with Gasteiger partial charge in [-0.25, -0.2) is 18.2 Å². The van der Waals surface area contributed by atoms with Crippen LogP contribution in [0.25, 0.3) is 10.9 Å². The highest BCUT2D eigenvalue weighted by Gasteiger charge is 2.20. The van der Waals surface area contributed by atoms with Crippen molar-refractivity contribution in [2.75, 3.05) is 36.2 Å². The number of rotatable bonds is 7. The van der Waals surface area contributed by atoms with Gasteiger partial charge in [-0.1, -0.05) is 32.9 Å². The van der Waals surface area contributed by atoms with E-state index in [2.05, 4.69) is 20.0 Å². The van der Waals surface area contributed by atoms with Gasteiger partial charge in [0.25, 0.3) is 0 Å². The van der Waals surface area contributed by atoms with E-state index in [1.807, 2.05) is 32.9 Å². The minimum absolute atomic E-state index is 0.131. The van der Waals surface area contributed by atoms with Crippen LogP contribution in [0.15, 0.2) is 48.7 Å². The van der Waals surface area contributed by atoms with E-state index < -0.39 is 16.0 Å². The van der Waals surface area contributed by atoms with E-state index in [0.29, 0.717) is 40.2 Å². The maximum absolute atomic E-state index is 11.3. The van der Waals surface area contributed by atoms with Crippen LogP contribution in [0.5, 0.6) is 17.4 Å². The highest BCUT2D eigenvalue weighted by Crippen LogP contribution is 2.37. The topological polar surface area (TPSA) is 171 Å². The van der Waals surface area contributed by atoms with Gasteiger partial charge in [-0.3, -0.25) is 4.72 Å². The SMILES string of the molecule is CNc1nccc(Oc2cccc3cc(C(=O)O)n(C)c23)n1.COc1c(N)cc(C(C)(C)C)cc1NS(C)(=O)=O. The molecule has 0 bridgehead atoms. The average Bonchev–Trinajstić information content (AvgIpc) is 3.20. The Labute approximate surface area is 233 Å². The summed E-state index contributed by atoms with van der Waals surface area (Å²) in [5, 5.41) is 12.9. The monoisotopic (exact) mass is 570 g/mol. The number of ether oxygens (including phenoxy) is 2. The molecule has 4 rings (SSSR count). The van der Waals surface area contributed by atoms with Gasteiger partial charge in [0.1, 0.15) is 5.69 Å². The number of nitrogens with one attached hydrogen (secondary N) is 2. The van der Waals surface area contributed by atoms with Gasteiger partial charge in [0, 0.05) is 31.7 Å². The largest absolute Gasteiger partial charge is 0.492 e. The predicted molar refractivity (Wildman–Crippen MR) is 156 cm³/mol. The van der Waals surface area contributed by atoms with Crippen LogP contribution in [0, 0.1) is 0 Å². The van der Waals surface area contributed by atoms with Gasteiger partial charge in [-0.2, -0.15) is 4.98 Å². The number of para-hydroxylation sites is 1. The number of hydrogen-bond donors (Lipinski definition) is 4. The Bertz CT molecular complexity index is 1640. The molecule has 5 N–H and O–H groups in total. The number of aryl methyl sites for hydroxylation is 1. The molecule has 0 aliphatic rings. The Hall–Kier alpha value is -4.52. The van der Waals surface area contributed by atoms with E-state index in [-0.39, 0.29) is 11.1 Å². The zero-order chi connectivity index (χ0) is 29.8. The van der Waals surface area contributed by atoms with E-state index in [1.165, 1.54) is 7.11 Å². The number of nitrogen functional groups attached to an aromatic ring is 1. The molecule has 4 aromatic rings. The van der Waals surface area contributed by atoms with Gasteiger partial charge in [-0.05, 0) is 35.2 Å². The van der Waals surface area contributed by atoms with Crippen molar-refractivity contribution in [3.63, 3.8) is 0 Å². The zero-order valence-corrected chi connectivity index (χ0v) is 24.3. The fraction of sp³-hybridized carbons (Fsp3) is 0.296. The van der Waals surface area contributed by atoms with Crippen LogP contribution in [-0.2, 0) is 22.5 Å². The molecule has 13 heteroatoms. The number of hydrogen-bond acceptors (Lipinski definition) is 9. The van der Waals surface area contributed by atoms with Crippen LogP contribution < -0.4 is 25.2 Å². The minimum Gasteiger partial charge on any atom is -0.492 e. The number of nitrogens with zero attached hydrogens (tertiary/aromatic N) is 3. The quantitative estimate of drug-likeness (QED) is 0.233. The van der Waals surface area contributed by atoms with Crippen molar-refractivity contribution in [3.8, 4) is 17.4 Å². The van der Waals surface area contributed by atoms with Gasteiger partial charge < -0.3 is 30.2 Å². The molecule has 0 fully saturated rings. The predicted octanol–water partition coefficient (Wildman–Crippen LogP) is 4.45. The van der Waals surface area contributed by atoms with E-state index in [9.17, 15) is 18.3 Å². The molecule has 0 spiro atoms. The van der Waals surface area contributed by atoms with Gasteiger partial charge in [0.05, 0.1) is 30.3 Å². The molecule has 12 nitrogen and oxygen atoms in total. The molecule has 0 saturated heterocycles. The lowest BCUT2D eigenvalue weighted by Gasteiger charge is -2.22. The fourth-order valence-corrected chi connectivity index (χ4v) is 4.44. The summed E-state index contributed by atoms with van der Waals surface area (Å²) >= 11 is 0. The first kappa shape index (κ1) is 30.0. The number of aromatic carboxylic acids is 1. The van der Waals surface area contributed by atoms with Crippen molar-refractivity contribution in [2.45, 2.75) is 26.2 Å². The lowest BCUT2D eigenvalue weighted by Crippen LogP contribution is -2.15. The van der Waals surface area contributed by atoms with Crippen molar-refractivity contribution < 1.29 is 27.8 Å². The minimum atomic E-state index is -3.37. The molecule has 0 radical (unpaired) electrons. The third-order valence-electron chi connectivity index (χ3n) is 5.79. The maximum atomic E-state index is 11.3. The molecule has 0 saturated carbocycles. The second kappa shape index (κ2) is 11.7. The first-order valence-corrected chi connectivity index (χ1v) is 14.0. The van der Waals surface area contributed by atoms with E-state index in [4.69, 9.17) is 15.2 Å². The van der Waals surface area contributed by atoms with Crippen molar-refractivity contribution in [3.05, 3.63) is 59.9 Å². The first-order chi connectivity index (χ1) is 18.6. The number of methoxy groups -OCH3 is 1. The summed E-state index contributed by atoms with van der Waals surface area (Å²) in [6, 6.07) is 12.2. The Morgan fingerprint density at radius 1 is 1.15 bits per heavy atom. The Balaban J connectivity index is 0.000000226. The molecule has 40 heavy (non-hydrogen) atoms. The second-order valence-electron chi connectivity index (χ2n) is 9.93. The van der Waals surface area contributed by atoms with Crippen LogP contribution in [0.3, 0.4) is 0 Å². The number of aromatic nitrogens is 3. The summed E-state index contributed by atoms with van der Waals surface area (Å²) in [7, 11) is 1.49. The number of benzene rings is 2. The summed E-state index contributed by atoms with van der Waals surface area (Å²) in [6.07, 6.45) is 2.67. The Kier molecular flexibility index (Phi) is 8.78. The summed E-state index contributed by atoms with van der Waals surface area (Å²) < 4.78 is 37.6. The molecule has 0 atom stereocenters. The van der Waals surface area contributed by atoms with Crippen molar-refractivity contribution in [1.82, 2.24) is 14.5 Å². The zero-order valence-electron chi connectivity index (χ0n) is 23.4. The molecule has 2 aromatic heterocycles. The van der Waals surface area contributed by atoms with Gasteiger partial charge in [0.15, 0.2) is 11.5 Å². The van der Waals surface area contributed by atoms with Crippen LogP contribution in [0.2, 0.25) is 0 Å². The number of anilines is 3. The number of carbonyl (C=O) groups is 1. The van der Waals surface area contributed by atoms with Crippen LogP contribution in [0.4, 0.5) is 17.3 Å². The molecule has 2 heterocycles. The summed E-state index contributed by atoms with van der Waals surface area (Å²) in [4.78, 5) is 19.5. The number of carboxylic acids is 1. The van der Waals surface area contributed by atoms with E-state index in [1.54, 1.807) is 55.2 Å². The lowest BCUT2D eigenvalue weighted by atomic mass is 9.86. The molecule has 0 aliphatic carbocycles. The van der Waals surface area contributed by atoms with Crippen LogP contribution >= 0.6 is 0 Å². The second-order valence-corrected chi connectivity index (χ2v) is 11.7. The molecule has 2 aromatic carbocycles. The van der Waals surface area contributed by atoms with Gasteiger partial charge >= 0.3 is 5.97 Å². The van der Waals surface area contributed by atoms with Crippen LogP contribution in [0.1, 0.15) is 36.8 Å². The molecule has 214 valence electrons. The smallest absolute Gasteiger partial charge is 0.352 e. The van der Waals surface area contributed by atoms with Crippen molar-refractivity contribution >= 4 is 44.2 Å². The van der Waals surface area contributed by atoms with Gasteiger partial charge in [-0.15, -0.1) is 0 Å². The van der Waals surface area contributed by atoms with Crippen LogP contribution in [-0.4, -0.2) is 54.4 Å². The van der Waals surface area contributed by atoms with Crippen molar-refractivity contribution in [2.24, 2.45) is 7.05 Å². The fourth-order valence-electron chi connectivity index (χ4n) is 3.89. The van der Waals surface area contributed by atoms with Crippen molar-refractivity contribution in [1.29, 1.82) is 0 Å².